The number of rotatable bonds is 3. The van der Waals surface area contributed by atoms with E-state index in [4.69, 9.17) is 10.2 Å². The topological polar surface area (TPSA) is 41.1 Å². The van der Waals surface area contributed by atoms with E-state index in [0.717, 1.165) is 22.8 Å². The second-order valence-corrected chi connectivity index (χ2v) is 5.69. The first-order valence-corrected chi connectivity index (χ1v) is 6.78. The summed E-state index contributed by atoms with van der Waals surface area (Å²) < 4.78 is 2.19. The summed E-state index contributed by atoms with van der Waals surface area (Å²) in [7, 11) is 0. The molecule has 0 saturated carbocycles. The lowest BCUT2D eigenvalue weighted by Crippen LogP contribution is -2.01. The summed E-state index contributed by atoms with van der Waals surface area (Å²) in [6.45, 7) is 8.54. The van der Waals surface area contributed by atoms with Gasteiger partial charge in [0.05, 0.1) is 23.9 Å². The first-order chi connectivity index (χ1) is 8.10. The minimum Gasteiger partial charge on any atom is -0.290 e. The Kier molecular flexibility index (Phi) is 3.21. The van der Waals surface area contributed by atoms with Gasteiger partial charge in [-0.2, -0.15) is 5.26 Å². The van der Waals surface area contributed by atoms with Crippen molar-refractivity contribution < 1.29 is 0 Å². The Hall–Kier alpha value is -1.34. The Morgan fingerprint density at radius 1 is 1.41 bits per heavy atom. The van der Waals surface area contributed by atoms with Crippen molar-refractivity contribution in [3.63, 3.8) is 0 Å². The molecule has 2 heterocycles. The third-order valence-electron chi connectivity index (χ3n) is 3.02. The largest absolute Gasteiger partial charge is 0.290 e. The molecule has 0 aromatic carbocycles. The van der Waals surface area contributed by atoms with Crippen molar-refractivity contribution in [2.24, 2.45) is 0 Å². The van der Waals surface area contributed by atoms with Crippen molar-refractivity contribution in [1.29, 1.82) is 5.26 Å². The lowest BCUT2D eigenvalue weighted by Gasteiger charge is -2.05. The normalized spacial score (nSPS) is 11.3. The van der Waals surface area contributed by atoms with Gasteiger partial charge in [-0.15, -0.1) is 11.3 Å². The molecule has 2 aromatic rings. The number of hydrogen-bond acceptors (Lipinski definition) is 3. The standard InChI is InChI=1S/C13H17N3S/c1-5-10-9(4)17-13-15-12(8(2)3)11(6-7-14)16(10)13/h8H,5-6H2,1-4H3. The summed E-state index contributed by atoms with van der Waals surface area (Å²) in [6, 6.07) is 2.26. The molecule has 2 aromatic heterocycles. The molecule has 0 aliphatic rings. The molecule has 90 valence electrons. The van der Waals surface area contributed by atoms with Crippen molar-refractivity contribution in [3.8, 4) is 6.07 Å². The maximum Gasteiger partial charge on any atom is 0.194 e. The molecule has 17 heavy (non-hydrogen) atoms. The minimum atomic E-state index is 0.371. The third-order valence-corrected chi connectivity index (χ3v) is 4.02. The molecule has 2 rings (SSSR count). The highest BCUT2D eigenvalue weighted by atomic mass is 32.1. The van der Waals surface area contributed by atoms with E-state index in [-0.39, 0.29) is 0 Å². The summed E-state index contributed by atoms with van der Waals surface area (Å²) in [6.07, 6.45) is 1.43. The summed E-state index contributed by atoms with van der Waals surface area (Å²) in [5.41, 5.74) is 3.46. The smallest absolute Gasteiger partial charge is 0.194 e. The van der Waals surface area contributed by atoms with Gasteiger partial charge in [0, 0.05) is 10.6 Å². The van der Waals surface area contributed by atoms with Crippen molar-refractivity contribution in [2.45, 2.75) is 46.5 Å². The molecule has 0 spiro atoms. The molecule has 0 aliphatic carbocycles. The maximum atomic E-state index is 8.99. The van der Waals surface area contributed by atoms with Crippen LogP contribution in [0.15, 0.2) is 0 Å². The van der Waals surface area contributed by atoms with E-state index in [2.05, 4.69) is 38.2 Å². The van der Waals surface area contributed by atoms with Gasteiger partial charge in [0.25, 0.3) is 0 Å². The van der Waals surface area contributed by atoms with E-state index >= 15 is 0 Å². The fraction of sp³-hybridized carbons (Fsp3) is 0.538. The molecule has 0 radical (unpaired) electrons. The summed E-state index contributed by atoms with van der Waals surface area (Å²) in [4.78, 5) is 7.04. The lowest BCUT2D eigenvalue weighted by molar-refractivity contribution is 0.808. The number of hydrogen-bond donors (Lipinski definition) is 0. The van der Waals surface area contributed by atoms with Crippen molar-refractivity contribution in [1.82, 2.24) is 9.38 Å². The number of aryl methyl sites for hydroxylation is 2. The first kappa shape index (κ1) is 12.1. The minimum absolute atomic E-state index is 0.371. The van der Waals surface area contributed by atoms with Crippen LogP contribution in [0.3, 0.4) is 0 Å². The van der Waals surface area contributed by atoms with E-state index in [9.17, 15) is 0 Å². The van der Waals surface area contributed by atoms with Crippen LogP contribution in [-0.2, 0) is 12.8 Å². The van der Waals surface area contributed by atoms with Crippen LogP contribution in [0, 0.1) is 18.3 Å². The summed E-state index contributed by atoms with van der Waals surface area (Å²) in [5, 5.41) is 8.99. The van der Waals surface area contributed by atoms with Crippen LogP contribution in [0.1, 0.15) is 48.6 Å². The molecule has 4 heteroatoms. The zero-order chi connectivity index (χ0) is 12.6. The molecule has 0 fully saturated rings. The molecule has 3 nitrogen and oxygen atoms in total. The zero-order valence-corrected chi connectivity index (χ0v) is 11.6. The first-order valence-electron chi connectivity index (χ1n) is 5.96. The Bertz CT molecular complexity index is 584. The number of nitrogens with zero attached hydrogens (tertiary/aromatic N) is 3. The van der Waals surface area contributed by atoms with E-state index in [1.54, 1.807) is 11.3 Å². The number of thiazole rings is 1. The van der Waals surface area contributed by atoms with Crippen LogP contribution in [0.4, 0.5) is 0 Å². The SMILES string of the molecule is CCc1c(C)sc2nc(C(C)C)c(CC#N)n12. The maximum absolute atomic E-state index is 8.99. The Morgan fingerprint density at radius 3 is 2.65 bits per heavy atom. The Morgan fingerprint density at radius 2 is 2.12 bits per heavy atom. The Balaban J connectivity index is 2.76. The summed E-state index contributed by atoms with van der Waals surface area (Å²) in [5.74, 6) is 0.371. The van der Waals surface area contributed by atoms with Crippen LogP contribution >= 0.6 is 11.3 Å². The second-order valence-electron chi connectivity index (χ2n) is 4.51. The van der Waals surface area contributed by atoms with Gasteiger partial charge in [0.1, 0.15) is 0 Å². The fourth-order valence-corrected chi connectivity index (χ4v) is 3.34. The monoisotopic (exact) mass is 247 g/mol. The van der Waals surface area contributed by atoms with Gasteiger partial charge in [-0.25, -0.2) is 4.98 Å². The van der Waals surface area contributed by atoms with Gasteiger partial charge in [-0.1, -0.05) is 20.8 Å². The molecule has 0 amide bonds. The van der Waals surface area contributed by atoms with Crippen LogP contribution in [0.5, 0.6) is 0 Å². The third kappa shape index (κ3) is 1.85. The van der Waals surface area contributed by atoms with Gasteiger partial charge in [0.2, 0.25) is 0 Å². The zero-order valence-electron chi connectivity index (χ0n) is 10.7. The number of imidazole rings is 1. The fourth-order valence-electron chi connectivity index (χ4n) is 2.26. The average molecular weight is 247 g/mol. The van der Waals surface area contributed by atoms with Crippen LogP contribution in [0.25, 0.3) is 4.96 Å². The number of aromatic nitrogens is 2. The van der Waals surface area contributed by atoms with Crippen LogP contribution < -0.4 is 0 Å². The number of fused-ring (bicyclic) bond motifs is 1. The Labute approximate surface area is 106 Å². The molecule has 0 unspecified atom stereocenters. The van der Waals surface area contributed by atoms with Crippen LogP contribution in [0.2, 0.25) is 0 Å². The predicted octanol–water partition coefficient (Wildman–Crippen LogP) is 3.46. The van der Waals surface area contributed by atoms with Crippen LogP contribution in [-0.4, -0.2) is 9.38 Å². The molecule has 0 bridgehead atoms. The molecule has 0 saturated heterocycles. The predicted molar refractivity (Wildman–Crippen MR) is 70.6 cm³/mol. The van der Waals surface area contributed by atoms with Gasteiger partial charge in [-0.3, -0.25) is 4.40 Å². The van der Waals surface area contributed by atoms with Gasteiger partial charge in [-0.05, 0) is 19.3 Å². The number of nitriles is 1. The lowest BCUT2D eigenvalue weighted by atomic mass is 10.1. The molecular formula is C13H17N3S. The van der Waals surface area contributed by atoms with E-state index in [1.807, 2.05) is 0 Å². The van der Waals surface area contributed by atoms with Gasteiger partial charge < -0.3 is 0 Å². The van der Waals surface area contributed by atoms with Gasteiger partial charge in [0.15, 0.2) is 4.96 Å². The quantitative estimate of drug-likeness (QED) is 0.833. The van der Waals surface area contributed by atoms with Crippen molar-refractivity contribution >= 4 is 16.3 Å². The van der Waals surface area contributed by atoms with E-state index in [1.165, 1.54) is 10.6 Å². The molecule has 0 aliphatic heterocycles. The highest BCUT2D eigenvalue weighted by Gasteiger charge is 2.19. The van der Waals surface area contributed by atoms with E-state index in [0.29, 0.717) is 12.3 Å². The molecule has 0 N–H and O–H groups in total. The molecule has 0 atom stereocenters. The highest BCUT2D eigenvalue weighted by molar-refractivity contribution is 7.17. The summed E-state index contributed by atoms with van der Waals surface area (Å²) >= 11 is 1.72. The van der Waals surface area contributed by atoms with Crippen molar-refractivity contribution in [2.75, 3.05) is 0 Å². The van der Waals surface area contributed by atoms with Crippen molar-refractivity contribution in [3.05, 3.63) is 22.0 Å². The molecular weight excluding hydrogens is 230 g/mol. The highest BCUT2D eigenvalue weighted by Crippen LogP contribution is 2.29. The van der Waals surface area contributed by atoms with E-state index < -0.39 is 0 Å². The van der Waals surface area contributed by atoms with Gasteiger partial charge >= 0.3 is 0 Å². The second kappa shape index (κ2) is 4.50. The average Bonchev–Trinajstić information content (AvgIpc) is 2.75.